The number of nitrogens with two attached hydrogens (primary N) is 1. The molecule has 0 radical (unpaired) electrons. The molecule has 4 nitrogen and oxygen atoms in total. The Balaban J connectivity index is 2.37. The Morgan fingerprint density at radius 2 is 2.16 bits per heavy atom. The summed E-state index contributed by atoms with van der Waals surface area (Å²) in [6.07, 6.45) is 0. The smallest absolute Gasteiger partial charge is 0.165 e. The monoisotopic (exact) mass is 268 g/mol. The predicted molar refractivity (Wildman–Crippen MR) is 71.7 cm³/mol. The number of halogens is 1. The number of methoxy groups -OCH3 is 1. The Morgan fingerprint density at radius 3 is 2.53 bits per heavy atom. The van der Waals surface area contributed by atoms with Crippen LogP contribution in [0.15, 0.2) is 18.2 Å². The molecule has 1 heterocycles. The fraction of sp³-hybridized carbons (Fsp3) is 0.571. The van der Waals surface area contributed by atoms with Gasteiger partial charge in [-0.25, -0.2) is 4.39 Å². The maximum Gasteiger partial charge on any atom is 0.165 e. The summed E-state index contributed by atoms with van der Waals surface area (Å²) >= 11 is 0. The van der Waals surface area contributed by atoms with Crippen LogP contribution in [-0.2, 0) is 4.74 Å². The van der Waals surface area contributed by atoms with E-state index < -0.39 is 0 Å². The van der Waals surface area contributed by atoms with Crippen LogP contribution in [0.4, 0.5) is 4.39 Å². The fourth-order valence-electron chi connectivity index (χ4n) is 2.80. The van der Waals surface area contributed by atoms with Crippen LogP contribution in [0.25, 0.3) is 0 Å². The number of ether oxygens (including phenoxy) is 2. The summed E-state index contributed by atoms with van der Waals surface area (Å²) in [6.45, 7) is 1.74. The minimum absolute atomic E-state index is 0.0339. The van der Waals surface area contributed by atoms with Gasteiger partial charge in [0.2, 0.25) is 0 Å². The van der Waals surface area contributed by atoms with Crippen LogP contribution < -0.4 is 10.5 Å². The Kier molecular flexibility index (Phi) is 4.08. The van der Waals surface area contributed by atoms with Gasteiger partial charge in [0.25, 0.3) is 0 Å². The summed E-state index contributed by atoms with van der Waals surface area (Å²) < 4.78 is 24.2. The van der Waals surface area contributed by atoms with Gasteiger partial charge in [-0.05, 0) is 31.8 Å². The summed E-state index contributed by atoms with van der Waals surface area (Å²) in [4.78, 5) is 2.07. The van der Waals surface area contributed by atoms with Crippen LogP contribution in [-0.4, -0.2) is 45.9 Å². The van der Waals surface area contributed by atoms with E-state index in [-0.39, 0.29) is 23.0 Å². The van der Waals surface area contributed by atoms with E-state index in [1.807, 2.05) is 20.2 Å². The molecule has 5 heteroatoms. The molecule has 1 atom stereocenters. The Hall–Kier alpha value is -1.17. The van der Waals surface area contributed by atoms with E-state index in [0.717, 1.165) is 5.56 Å². The predicted octanol–water partition coefficient (Wildman–Crippen LogP) is 1.41. The fourth-order valence-corrected chi connectivity index (χ4v) is 2.80. The van der Waals surface area contributed by atoms with Gasteiger partial charge in [-0.15, -0.1) is 0 Å². The van der Waals surface area contributed by atoms with Crippen LogP contribution in [0.5, 0.6) is 5.75 Å². The summed E-state index contributed by atoms with van der Waals surface area (Å²) in [7, 11) is 5.41. The second-order valence-electron chi connectivity index (χ2n) is 5.32. The molecule has 0 saturated carbocycles. The van der Waals surface area contributed by atoms with E-state index >= 15 is 0 Å². The zero-order valence-electron chi connectivity index (χ0n) is 11.6. The second-order valence-corrected chi connectivity index (χ2v) is 5.32. The average molecular weight is 268 g/mol. The molecule has 1 aliphatic heterocycles. The summed E-state index contributed by atoms with van der Waals surface area (Å²) in [5.41, 5.74) is 6.68. The van der Waals surface area contributed by atoms with Crippen molar-refractivity contribution in [1.82, 2.24) is 4.90 Å². The van der Waals surface area contributed by atoms with Gasteiger partial charge in [-0.3, -0.25) is 0 Å². The van der Waals surface area contributed by atoms with Crippen LogP contribution >= 0.6 is 0 Å². The standard InChI is InChI=1S/C14H21FN2O2/c1-17(2)13(14(7-16)8-19-9-14)10-4-5-12(18-3)11(15)6-10/h4-6,13H,7-9,16H2,1-3H3. The van der Waals surface area contributed by atoms with Gasteiger partial charge >= 0.3 is 0 Å². The van der Waals surface area contributed by atoms with E-state index in [4.69, 9.17) is 15.2 Å². The molecule has 0 aliphatic carbocycles. The maximum atomic E-state index is 13.9. The van der Waals surface area contributed by atoms with Gasteiger partial charge in [-0.2, -0.15) is 0 Å². The molecule has 1 fully saturated rings. The lowest BCUT2D eigenvalue weighted by Crippen LogP contribution is -2.55. The number of rotatable bonds is 5. The third-order valence-corrected chi connectivity index (χ3v) is 3.77. The molecule has 2 N–H and O–H groups in total. The largest absolute Gasteiger partial charge is 0.494 e. The lowest BCUT2D eigenvalue weighted by Gasteiger charge is -2.49. The molecule has 0 bridgehead atoms. The van der Waals surface area contributed by atoms with Crippen molar-refractivity contribution in [2.45, 2.75) is 6.04 Å². The van der Waals surface area contributed by atoms with E-state index in [9.17, 15) is 4.39 Å². The first-order chi connectivity index (χ1) is 9.04. The summed E-state index contributed by atoms with van der Waals surface area (Å²) in [5, 5.41) is 0. The zero-order valence-corrected chi connectivity index (χ0v) is 11.6. The molecule has 19 heavy (non-hydrogen) atoms. The SMILES string of the molecule is COc1ccc(C(N(C)C)C2(CN)COC2)cc1F. The second kappa shape index (κ2) is 5.45. The molecule has 2 rings (SSSR count). The first-order valence-electron chi connectivity index (χ1n) is 6.32. The van der Waals surface area contributed by atoms with Crippen molar-refractivity contribution < 1.29 is 13.9 Å². The first kappa shape index (κ1) is 14.2. The van der Waals surface area contributed by atoms with E-state index in [1.165, 1.54) is 13.2 Å². The lowest BCUT2D eigenvalue weighted by molar-refractivity contribution is -0.145. The van der Waals surface area contributed by atoms with E-state index in [2.05, 4.69) is 4.90 Å². The molecule has 0 amide bonds. The van der Waals surface area contributed by atoms with Gasteiger partial charge in [-0.1, -0.05) is 6.07 Å². The highest BCUT2D eigenvalue weighted by atomic mass is 19.1. The molecule has 1 aliphatic rings. The molecule has 0 aromatic heterocycles. The maximum absolute atomic E-state index is 13.9. The molecular formula is C14H21FN2O2. The van der Waals surface area contributed by atoms with E-state index in [1.54, 1.807) is 6.07 Å². The lowest BCUT2D eigenvalue weighted by atomic mass is 9.74. The van der Waals surface area contributed by atoms with Crippen LogP contribution in [0.1, 0.15) is 11.6 Å². The van der Waals surface area contributed by atoms with Gasteiger partial charge in [0.1, 0.15) is 0 Å². The van der Waals surface area contributed by atoms with Gasteiger partial charge in [0.05, 0.1) is 20.3 Å². The third kappa shape index (κ3) is 2.45. The van der Waals surface area contributed by atoms with E-state index in [0.29, 0.717) is 19.8 Å². The minimum atomic E-state index is -0.348. The Morgan fingerprint density at radius 1 is 1.47 bits per heavy atom. The van der Waals surface area contributed by atoms with Crippen molar-refractivity contribution in [2.24, 2.45) is 11.1 Å². The Bertz CT molecular complexity index is 442. The van der Waals surface area contributed by atoms with Crippen LogP contribution in [0.3, 0.4) is 0 Å². The van der Waals surface area contributed by atoms with Crippen LogP contribution in [0.2, 0.25) is 0 Å². The molecule has 1 unspecified atom stereocenters. The van der Waals surface area contributed by atoms with Crippen molar-refractivity contribution in [3.05, 3.63) is 29.6 Å². The Labute approximate surface area is 113 Å². The first-order valence-corrected chi connectivity index (χ1v) is 6.32. The normalized spacial score (nSPS) is 19.1. The van der Waals surface area contributed by atoms with Crippen molar-refractivity contribution in [3.63, 3.8) is 0 Å². The topological polar surface area (TPSA) is 47.7 Å². The number of hydrogen-bond acceptors (Lipinski definition) is 4. The quantitative estimate of drug-likeness (QED) is 0.877. The van der Waals surface area contributed by atoms with Crippen molar-refractivity contribution >= 4 is 0 Å². The number of benzene rings is 1. The molecule has 106 valence electrons. The highest BCUT2D eigenvalue weighted by Crippen LogP contribution is 2.43. The summed E-state index contributed by atoms with van der Waals surface area (Å²) in [6, 6.07) is 5.11. The molecule has 1 aromatic carbocycles. The molecule has 0 spiro atoms. The third-order valence-electron chi connectivity index (χ3n) is 3.77. The molecular weight excluding hydrogens is 247 g/mol. The number of nitrogens with zero attached hydrogens (tertiary/aromatic N) is 1. The van der Waals surface area contributed by atoms with Crippen molar-refractivity contribution in [2.75, 3.05) is 41.0 Å². The highest BCUT2D eigenvalue weighted by Gasteiger charge is 2.46. The van der Waals surface area contributed by atoms with Gasteiger partial charge in [0.15, 0.2) is 11.6 Å². The highest BCUT2D eigenvalue weighted by molar-refractivity contribution is 5.32. The van der Waals surface area contributed by atoms with Crippen molar-refractivity contribution in [3.8, 4) is 5.75 Å². The molecule has 1 aromatic rings. The van der Waals surface area contributed by atoms with Crippen LogP contribution in [0, 0.1) is 11.2 Å². The summed E-state index contributed by atoms with van der Waals surface area (Å²) in [5.74, 6) is -0.0906. The van der Waals surface area contributed by atoms with Gasteiger partial charge < -0.3 is 20.1 Å². The van der Waals surface area contributed by atoms with Crippen molar-refractivity contribution in [1.29, 1.82) is 0 Å². The number of hydrogen-bond donors (Lipinski definition) is 1. The zero-order chi connectivity index (χ0) is 14.0. The average Bonchev–Trinajstić information content (AvgIpc) is 2.33. The minimum Gasteiger partial charge on any atom is -0.494 e. The molecule has 1 saturated heterocycles. The van der Waals surface area contributed by atoms with Gasteiger partial charge in [0, 0.05) is 18.0 Å².